The first kappa shape index (κ1) is 31.4. The molecule has 2 aliphatic heterocycles. The maximum Gasteiger partial charge on any atom is 0.318 e. The van der Waals surface area contributed by atoms with Crippen LogP contribution in [0.15, 0.2) is 49.1 Å². The first-order valence-corrected chi connectivity index (χ1v) is 17.2. The topological polar surface area (TPSA) is 75.4 Å². The minimum Gasteiger partial charge on any atom is -0.461 e. The molecule has 0 N–H and O–H groups in total. The Bertz CT molecular complexity index is 1680. The fourth-order valence-corrected chi connectivity index (χ4v) is 8.31. The predicted octanol–water partition coefficient (Wildman–Crippen LogP) is 5.99. The van der Waals surface area contributed by atoms with Gasteiger partial charge in [0, 0.05) is 49.4 Å². The number of fused-ring (bicyclic) bond motifs is 2. The second kappa shape index (κ2) is 13.2. The molecule has 246 valence electrons. The lowest BCUT2D eigenvalue weighted by Gasteiger charge is -2.54. The SMILES string of the molecule is [C-]#[N+]C[C@H]1CN(c2nc(OC[C@H](C)OCC3CC4(CCC4)C3)nc3c2CCN(c2cccc4cccc(C)c24)C3)CCN1C(=O)C=C. The van der Waals surface area contributed by atoms with Crippen LogP contribution in [-0.4, -0.2) is 78.9 Å². The van der Waals surface area contributed by atoms with Crippen LogP contribution in [0.25, 0.3) is 15.6 Å². The van der Waals surface area contributed by atoms with Crippen LogP contribution in [0.1, 0.15) is 55.8 Å². The molecule has 47 heavy (non-hydrogen) atoms. The van der Waals surface area contributed by atoms with Crippen LogP contribution in [0, 0.1) is 24.8 Å². The molecule has 0 unspecified atom stereocenters. The molecular weight excluding hydrogens is 588 g/mol. The lowest BCUT2D eigenvalue weighted by Crippen LogP contribution is -2.56. The molecule has 9 nitrogen and oxygen atoms in total. The van der Waals surface area contributed by atoms with Crippen LogP contribution in [0.3, 0.4) is 0 Å². The van der Waals surface area contributed by atoms with Crippen LogP contribution in [0.5, 0.6) is 6.01 Å². The van der Waals surface area contributed by atoms with Crippen LogP contribution >= 0.6 is 0 Å². The fraction of sp³-hybridized carbons (Fsp3) is 0.526. The van der Waals surface area contributed by atoms with E-state index in [2.05, 4.69) is 71.5 Å². The summed E-state index contributed by atoms with van der Waals surface area (Å²) in [4.78, 5) is 32.7. The summed E-state index contributed by atoms with van der Waals surface area (Å²) in [6.45, 7) is 20.0. The number of hydrogen-bond donors (Lipinski definition) is 0. The van der Waals surface area contributed by atoms with Crippen molar-refractivity contribution in [3.63, 3.8) is 0 Å². The van der Waals surface area contributed by atoms with Crippen molar-refractivity contribution in [2.75, 3.05) is 55.7 Å². The Balaban J connectivity index is 1.13. The van der Waals surface area contributed by atoms with Crippen LogP contribution < -0.4 is 14.5 Å². The fourth-order valence-electron chi connectivity index (χ4n) is 8.31. The van der Waals surface area contributed by atoms with Crippen molar-refractivity contribution in [1.29, 1.82) is 0 Å². The molecule has 2 aliphatic carbocycles. The molecule has 1 spiro atoms. The molecule has 1 aromatic heterocycles. The van der Waals surface area contributed by atoms with Crippen molar-refractivity contribution in [3.05, 3.63) is 77.3 Å². The van der Waals surface area contributed by atoms with Gasteiger partial charge in [-0.15, -0.1) is 0 Å². The van der Waals surface area contributed by atoms with Crippen molar-refractivity contribution >= 4 is 28.2 Å². The van der Waals surface area contributed by atoms with Gasteiger partial charge in [-0.25, -0.2) is 6.57 Å². The highest BCUT2D eigenvalue weighted by molar-refractivity contribution is 5.97. The molecule has 3 aromatic rings. The quantitative estimate of drug-likeness (QED) is 0.200. The Morgan fingerprint density at radius 1 is 1.15 bits per heavy atom. The predicted molar refractivity (Wildman–Crippen MR) is 185 cm³/mol. The second-order valence-corrected chi connectivity index (χ2v) is 14.1. The van der Waals surface area contributed by atoms with Gasteiger partial charge in [0.1, 0.15) is 18.5 Å². The minimum atomic E-state index is -0.237. The molecule has 7 rings (SSSR count). The number of carbonyl (C=O) groups is 1. The number of anilines is 2. The number of rotatable bonds is 10. The van der Waals surface area contributed by atoms with E-state index in [-0.39, 0.29) is 24.6 Å². The van der Waals surface area contributed by atoms with E-state index in [1.54, 1.807) is 4.90 Å². The first-order chi connectivity index (χ1) is 22.9. The van der Waals surface area contributed by atoms with Crippen molar-refractivity contribution < 1.29 is 14.3 Å². The van der Waals surface area contributed by atoms with Crippen LogP contribution in [-0.2, 0) is 22.5 Å². The standard InChI is InChI=1S/C38H46N6O3/c1-5-34(45)44-18-17-43(22-30(44)21-39-4)36-31-13-16-42(33-12-7-11-29-10-6-9-26(2)35(29)33)23-32(31)40-37(41-36)47-24-27(3)46-25-28-19-38(20-28)14-8-15-38/h5-7,9-12,27-28,30H,1,8,13-25H2,2-3H3/t27-,30-/m0/s1. The monoisotopic (exact) mass is 634 g/mol. The van der Waals surface area contributed by atoms with Crippen molar-refractivity contribution in [2.45, 2.75) is 71.1 Å². The van der Waals surface area contributed by atoms with Gasteiger partial charge in [0.25, 0.3) is 0 Å². The lowest BCUT2D eigenvalue weighted by molar-refractivity contribution is -0.128. The highest BCUT2D eigenvalue weighted by Gasteiger charge is 2.48. The van der Waals surface area contributed by atoms with Crippen LogP contribution in [0.2, 0.25) is 0 Å². The van der Waals surface area contributed by atoms with Crippen molar-refractivity contribution in [2.24, 2.45) is 11.3 Å². The summed E-state index contributed by atoms with van der Waals surface area (Å²) >= 11 is 0. The number of benzene rings is 2. The van der Waals surface area contributed by atoms with Crippen molar-refractivity contribution in [3.8, 4) is 6.01 Å². The molecule has 2 saturated carbocycles. The van der Waals surface area contributed by atoms with E-state index in [0.717, 1.165) is 36.6 Å². The number of aryl methyl sites for hydroxylation is 1. The summed E-state index contributed by atoms with van der Waals surface area (Å²) in [6, 6.07) is 13.1. The Labute approximate surface area is 278 Å². The van der Waals surface area contributed by atoms with E-state index >= 15 is 0 Å². The largest absolute Gasteiger partial charge is 0.461 e. The number of carbonyl (C=O) groups excluding carboxylic acids is 1. The summed E-state index contributed by atoms with van der Waals surface area (Å²) in [5, 5.41) is 2.51. The maximum atomic E-state index is 12.6. The molecule has 1 saturated heterocycles. The summed E-state index contributed by atoms with van der Waals surface area (Å²) in [6.07, 6.45) is 8.87. The van der Waals surface area contributed by atoms with Gasteiger partial charge in [-0.05, 0) is 80.4 Å². The van der Waals surface area contributed by atoms with E-state index in [9.17, 15) is 4.79 Å². The lowest BCUT2D eigenvalue weighted by atomic mass is 9.52. The molecule has 0 radical (unpaired) electrons. The first-order valence-electron chi connectivity index (χ1n) is 17.2. The van der Waals surface area contributed by atoms with Crippen molar-refractivity contribution in [1.82, 2.24) is 14.9 Å². The third kappa shape index (κ3) is 6.28. The molecule has 3 fully saturated rings. The molecule has 3 heterocycles. The number of hydrogen-bond acceptors (Lipinski definition) is 7. The van der Waals surface area contributed by atoms with Gasteiger partial charge in [0.15, 0.2) is 0 Å². The van der Waals surface area contributed by atoms with Crippen LogP contribution in [0.4, 0.5) is 11.5 Å². The summed E-state index contributed by atoms with van der Waals surface area (Å²) in [5.41, 5.74) is 5.20. The normalized spacial score (nSPS) is 21.0. The zero-order valence-electron chi connectivity index (χ0n) is 27.8. The van der Waals surface area contributed by atoms with E-state index < -0.39 is 0 Å². The van der Waals surface area contributed by atoms with E-state index in [0.29, 0.717) is 50.1 Å². The highest BCUT2D eigenvalue weighted by Crippen LogP contribution is 2.58. The summed E-state index contributed by atoms with van der Waals surface area (Å²) in [7, 11) is 0. The van der Waals surface area contributed by atoms with Gasteiger partial charge < -0.3 is 29.0 Å². The smallest absolute Gasteiger partial charge is 0.318 e. The maximum absolute atomic E-state index is 12.6. The number of aromatic nitrogens is 2. The zero-order chi connectivity index (χ0) is 32.5. The van der Waals surface area contributed by atoms with Gasteiger partial charge in [-0.2, -0.15) is 9.97 Å². The average Bonchev–Trinajstić information content (AvgIpc) is 3.05. The van der Waals surface area contributed by atoms with E-state index in [1.807, 2.05) is 0 Å². The van der Waals surface area contributed by atoms with E-state index in [1.165, 1.54) is 60.2 Å². The van der Waals surface area contributed by atoms with Gasteiger partial charge in [0.2, 0.25) is 12.5 Å². The molecule has 2 atom stereocenters. The number of piperazine rings is 1. The van der Waals surface area contributed by atoms with Gasteiger partial charge in [-0.3, -0.25) is 4.79 Å². The van der Waals surface area contributed by atoms with Gasteiger partial charge in [0.05, 0.1) is 18.3 Å². The van der Waals surface area contributed by atoms with Gasteiger partial charge in [-0.1, -0.05) is 43.3 Å². The second-order valence-electron chi connectivity index (χ2n) is 14.1. The number of nitrogens with zero attached hydrogens (tertiary/aromatic N) is 6. The molecule has 0 bridgehead atoms. The Morgan fingerprint density at radius 3 is 2.70 bits per heavy atom. The summed E-state index contributed by atoms with van der Waals surface area (Å²) in [5.74, 6) is 1.39. The molecule has 9 heteroatoms. The molecule has 2 aromatic carbocycles. The van der Waals surface area contributed by atoms with Gasteiger partial charge >= 0.3 is 6.01 Å². The molecule has 4 aliphatic rings. The number of amides is 1. The van der Waals surface area contributed by atoms with E-state index in [4.69, 9.17) is 26.0 Å². The Kier molecular flexibility index (Phi) is 8.80. The third-order valence-electron chi connectivity index (χ3n) is 10.9. The third-order valence-corrected chi connectivity index (χ3v) is 10.9. The number of ether oxygens (including phenoxy) is 2. The Hall–Kier alpha value is -4.16. The molecule has 1 amide bonds. The average molecular weight is 635 g/mol. The Morgan fingerprint density at radius 2 is 1.96 bits per heavy atom. The summed E-state index contributed by atoms with van der Waals surface area (Å²) < 4.78 is 12.5. The molecular formula is C38H46N6O3. The minimum absolute atomic E-state index is 0.0670. The highest BCUT2D eigenvalue weighted by atomic mass is 16.5. The zero-order valence-corrected chi connectivity index (χ0v) is 27.8.